The Bertz CT molecular complexity index is 199. The maximum Gasteiger partial charge on any atom is 0.524 e. The molecule has 0 aromatic rings. The highest BCUT2D eigenvalue weighted by molar-refractivity contribution is 5.67. The highest BCUT2D eigenvalue weighted by Gasteiger charge is 2.22. The van der Waals surface area contributed by atoms with E-state index in [0.717, 1.165) is 12.8 Å². The molecule has 0 spiro atoms. The van der Waals surface area contributed by atoms with E-state index in [1.165, 1.54) is 32.1 Å². The van der Waals surface area contributed by atoms with Crippen molar-refractivity contribution in [2.45, 2.75) is 51.9 Å². The van der Waals surface area contributed by atoms with Crippen LogP contribution in [0.25, 0.3) is 0 Å². The van der Waals surface area contributed by atoms with Gasteiger partial charge in [0.05, 0.1) is 0 Å². The van der Waals surface area contributed by atoms with Gasteiger partial charge in [0.1, 0.15) is 0 Å². The smallest absolute Gasteiger partial charge is 0.360 e. The summed E-state index contributed by atoms with van der Waals surface area (Å²) in [5.74, 6) is 0.378. The predicted molar refractivity (Wildman–Crippen MR) is 53.6 cm³/mol. The summed E-state index contributed by atoms with van der Waals surface area (Å²) in [6.45, 7) is 2.21. The maximum atomic E-state index is 10.2. The molecule has 1 fully saturated rings. The topological polar surface area (TPSA) is 35.5 Å². The molecule has 1 aliphatic heterocycles. The van der Waals surface area contributed by atoms with Gasteiger partial charge in [-0.25, -0.2) is 4.79 Å². The number of cyclic esters (lactones) is 2. The van der Waals surface area contributed by atoms with Crippen LogP contribution in [0.15, 0.2) is 12.0 Å². The number of carbonyl (C=O) groups is 1. The molecule has 0 saturated carbocycles. The van der Waals surface area contributed by atoms with Gasteiger partial charge in [0.15, 0.2) is 0 Å². The fourth-order valence-electron chi connectivity index (χ4n) is 1.40. The molecule has 0 aromatic heterocycles. The Hall–Kier alpha value is -0.990. The fraction of sp³-hybridized carbons (Fsp3) is 0.727. The van der Waals surface area contributed by atoms with Crippen LogP contribution in [0.5, 0.6) is 0 Å². The zero-order chi connectivity index (χ0) is 10.2. The summed E-state index contributed by atoms with van der Waals surface area (Å²) in [5, 5.41) is 0. The van der Waals surface area contributed by atoms with Crippen molar-refractivity contribution in [1.82, 2.24) is 0 Å². The van der Waals surface area contributed by atoms with Gasteiger partial charge in [0, 0.05) is 0 Å². The first-order valence-electron chi connectivity index (χ1n) is 5.42. The molecule has 0 radical (unpaired) electrons. The second-order valence-electron chi connectivity index (χ2n) is 3.53. The number of rotatable bonds is 7. The van der Waals surface area contributed by atoms with Crippen LogP contribution >= 0.6 is 0 Å². The third-order valence-electron chi connectivity index (χ3n) is 2.24. The van der Waals surface area contributed by atoms with E-state index < -0.39 is 6.16 Å². The van der Waals surface area contributed by atoms with E-state index in [1.807, 2.05) is 6.08 Å². The Morgan fingerprint density at radius 3 is 2.36 bits per heavy atom. The molecule has 0 unspecified atom stereocenters. The molecular weight excluding hydrogens is 180 g/mol. The van der Waals surface area contributed by atoms with Gasteiger partial charge in [-0.15, -0.1) is 0 Å². The summed E-state index contributed by atoms with van der Waals surface area (Å²) >= 11 is 0. The first kappa shape index (κ1) is 11.1. The molecule has 0 atom stereocenters. The quantitative estimate of drug-likeness (QED) is 0.461. The number of unbranched alkanes of at least 4 members (excludes halogenated alkanes) is 6. The lowest BCUT2D eigenvalue weighted by atomic mass is 10.1. The number of allylic oxidation sites excluding steroid dienone is 1. The average molecular weight is 198 g/mol. The molecular formula is C11H18O3. The normalized spacial score (nSPS) is 14.4. The standard InChI is InChI=1S/C11H18O3/c1-2-3-4-5-6-7-8-9-10-13-11(12)14-10/h9H,2-8H2,1H3. The van der Waals surface area contributed by atoms with Crippen molar-refractivity contribution in [3.8, 4) is 0 Å². The zero-order valence-corrected chi connectivity index (χ0v) is 8.75. The van der Waals surface area contributed by atoms with Crippen LogP contribution in [0.2, 0.25) is 0 Å². The van der Waals surface area contributed by atoms with E-state index in [4.69, 9.17) is 0 Å². The average Bonchev–Trinajstić information content (AvgIpc) is 2.13. The molecule has 0 N–H and O–H groups in total. The highest BCUT2D eigenvalue weighted by atomic mass is 16.9. The molecule has 80 valence electrons. The van der Waals surface area contributed by atoms with E-state index in [-0.39, 0.29) is 0 Å². The van der Waals surface area contributed by atoms with E-state index >= 15 is 0 Å². The van der Waals surface area contributed by atoms with Gasteiger partial charge in [-0.1, -0.05) is 39.0 Å². The van der Waals surface area contributed by atoms with E-state index in [0.29, 0.717) is 5.95 Å². The minimum Gasteiger partial charge on any atom is -0.360 e. The van der Waals surface area contributed by atoms with Gasteiger partial charge in [-0.2, -0.15) is 0 Å². The van der Waals surface area contributed by atoms with Crippen LogP contribution in [-0.2, 0) is 9.47 Å². The lowest BCUT2D eigenvalue weighted by molar-refractivity contribution is -0.0267. The van der Waals surface area contributed by atoms with Gasteiger partial charge in [0.25, 0.3) is 5.95 Å². The summed E-state index contributed by atoms with van der Waals surface area (Å²) in [5.41, 5.74) is 0. The molecule has 1 saturated heterocycles. The predicted octanol–water partition coefficient (Wildman–Crippen LogP) is 3.75. The second-order valence-corrected chi connectivity index (χ2v) is 3.53. The molecule has 0 amide bonds. The van der Waals surface area contributed by atoms with Gasteiger partial charge >= 0.3 is 6.16 Å². The summed E-state index contributed by atoms with van der Waals surface area (Å²) < 4.78 is 9.17. The largest absolute Gasteiger partial charge is 0.524 e. The Labute approximate surface area is 85.1 Å². The number of ether oxygens (including phenoxy) is 2. The van der Waals surface area contributed by atoms with Gasteiger partial charge < -0.3 is 9.47 Å². The van der Waals surface area contributed by atoms with Gasteiger partial charge in [-0.3, -0.25) is 0 Å². The molecule has 3 heteroatoms. The van der Waals surface area contributed by atoms with Crippen LogP contribution < -0.4 is 0 Å². The molecule has 0 aromatic carbocycles. The van der Waals surface area contributed by atoms with Crippen LogP contribution in [-0.4, -0.2) is 6.16 Å². The van der Waals surface area contributed by atoms with E-state index in [9.17, 15) is 4.79 Å². The number of hydrogen-bond acceptors (Lipinski definition) is 3. The van der Waals surface area contributed by atoms with Crippen molar-refractivity contribution >= 4 is 6.16 Å². The van der Waals surface area contributed by atoms with Crippen molar-refractivity contribution in [1.29, 1.82) is 0 Å². The maximum absolute atomic E-state index is 10.2. The number of carbonyl (C=O) groups excluding carboxylic acids is 1. The third kappa shape index (κ3) is 4.30. The Balaban J connectivity index is 1.85. The highest BCUT2D eigenvalue weighted by Crippen LogP contribution is 2.16. The summed E-state index contributed by atoms with van der Waals surface area (Å²) in [7, 11) is 0. The molecule has 1 heterocycles. The molecule has 1 aliphatic rings. The van der Waals surface area contributed by atoms with Crippen LogP contribution in [0.3, 0.4) is 0 Å². The van der Waals surface area contributed by atoms with Crippen molar-refractivity contribution in [3.05, 3.63) is 12.0 Å². The van der Waals surface area contributed by atoms with Gasteiger partial charge in [0.2, 0.25) is 0 Å². The van der Waals surface area contributed by atoms with E-state index in [2.05, 4.69) is 16.4 Å². The minimum absolute atomic E-state index is 0.378. The van der Waals surface area contributed by atoms with E-state index in [1.54, 1.807) is 0 Å². The Morgan fingerprint density at radius 2 is 1.71 bits per heavy atom. The van der Waals surface area contributed by atoms with Crippen molar-refractivity contribution in [3.63, 3.8) is 0 Å². The summed E-state index contributed by atoms with van der Waals surface area (Å²) in [4.78, 5) is 10.2. The van der Waals surface area contributed by atoms with Crippen LogP contribution in [0, 0.1) is 0 Å². The van der Waals surface area contributed by atoms with Crippen molar-refractivity contribution in [2.75, 3.05) is 0 Å². The van der Waals surface area contributed by atoms with Gasteiger partial charge in [-0.05, 0) is 18.9 Å². The zero-order valence-electron chi connectivity index (χ0n) is 8.75. The number of hydrogen-bond donors (Lipinski definition) is 0. The molecule has 14 heavy (non-hydrogen) atoms. The monoisotopic (exact) mass is 198 g/mol. The molecule has 3 nitrogen and oxygen atoms in total. The Morgan fingerprint density at radius 1 is 1.07 bits per heavy atom. The summed E-state index contributed by atoms with van der Waals surface area (Å²) in [6.07, 6.45) is 9.84. The van der Waals surface area contributed by atoms with Crippen molar-refractivity contribution in [2.24, 2.45) is 0 Å². The first-order valence-corrected chi connectivity index (χ1v) is 5.42. The lowest BCUT2D eigenvalue weighted by Gasteiger charge is -2.14. The van der Waals surface area contributed by atoms with Crippen LogP contribution in [0.1, 0.15) is 51.9 Å². The summed E-state index contributed by atoms with van der Waals surface area (Å²) in [6, 6.07) is 0. The molecule has 0 bridgehead atoms. The third-order valence-corrected chi connectivity index (χ3v) is 2.24. The van der Waals surface area contributed by atoms with Crippen molar-refractivity contribution < 1.29 is 14.3 Å². The fourth-order valence-corrected chi connectivity index (χ4v) is 1.40. The lowest BCUT2D eigenvalue weighted by Crippen LogP contribution is -2.19. The second kappa shape index (κ2) is 6.46. The molecule has 1 rings (SSSR count). The van der Waals surface area contributed by atoms with Crippen LogP contribution in [0.4, 0.5) is 4.79 Å². The Kier molecular flexibility index (Phi) is 5.12. The first-order chi connectivity index (χ1) is 6.83. The molecule has 0 aliphatic carbocycles. The minimum atomic E-state index is -0.584. The SMILES string of the molecule is CCCCCCCCC=C1OC(=O)O1.